The van der Waals surface area contributed by atoms with Gasteiger partial charge in [0, 0.05) is 6.54 Å². The minimum Gasteiger partial charge on any atom is -0.463 e. The Labute approximate surface area is 193 Å². The third-order valence-corrected chi connectivity index (χ3v) is 6.08. The average Bonchev–Trinajstić information content (AvgIpc) is 3.10. The lowest BCUT2D eigenvalue weighted by Crippen LogP contribution is -2.06. The van der Waals surface area contributed by atoms with E-state index < -0.39 is 0 Å². The number of hydrogen-bond donors (Lipinski definition) is 1. The van der Waals surface area contributed by atoms with E-state index in [1.807, 2.05) is 6.07 Å². The molecule has 31 heavy (non-hydrogen) atoms. The summed E-state index contributed by atoms with van der Waals surface area (Å²) in [6, 6.07) is 10.7. The largest absolute Gasteiger partial charge is 0.463 e. The highest BCUT2D eigenvalue weighted by atomic mass is 79.9. The Morgan fingerprint density at radius 2 is 1.61 bits per heavy atom. The van der Waals surface area contributed by atoms with Gasteiger partial charge >= 0.3 is 6.01 Å². The van der Waals surface area contributed by atoms with Crippen LogP contribution in [0.25, 0.3) is 11.2 Å². The van der Waals surface area contributed by atoms with Crippen LogP contribution in [0.4, 0.5) is 5.82 Å². The Morgan fingerprint density at radius 3 is 2.35 bits per heavy atom. The molecular weight excluding hydrogens is 454 g/mol. The fourth-order valence-corrected chi connectivity index (χ4v) is 4.25. The van der Waals surface area contributed by atoms with Crippen LogP contribution < -0.4 is 10.5 Å². The van der Waals surface area contributed by atoms with Gasteiger partial charge in [-0.25, -0.2) is 4.98 Å². The molecule has 6 nitrogen and oxygen atoms in total. The van der Waals surface area contributed by atoms with E-state index in [9.17, 15) is 0 Å². The number of benzene rings is 1. The molecule has 1 aromatic carbocycles. The second-order valence-electron chi connectivity index (χ2n) is 8.01. The number of imidazole rings is 1. The van der Waals surface area contributed by atoms with Crippen molar-refractivity contribution in [1.82, 2.24) is 19.5 Å². The highest BCUT2D eigenvalue weighted by Crippen LogP contribution is 2.25. The van der Waals surface area contributed by atoms with Crippen molar-refractivity contribution >= 4 is 32.9 Å². The lowest BCUT2D eigenvalue weighted by Gasteiger charge is -2.08. The molecule has 3 rings (SSSR count). The molecule has 0 saturated heterocycles. The van der Waals surface area contributed by atoms with Crippen LogP contribution in [-0.2, 0) is 13.0 Å². The molecule has 2 heterocycles. The van der Waals surface area contributed by atoms with Crippen molar-refractivity contribution in [3.8, 4) is 6.01 Å². The third kappa shape index (κ3) is 7.20. The van der Waals surface area contributed by atoms with Crippen molar-refractivity contribution < 1.29 is 4.74 Å². The van der Waals surface area contributed by atoms with E-state index in [-0.39, 0.29) is 0 Å². The Morgan fingerprint density at radius 1 is 0.903 bits per heavy atom. The van der Waals surface area contributed by atoms with Gasteiger partial charge in [0.05, 0.1) is 6.61 Å². The molecule has 0 amide bonds. The summed E-state index contributed by atoms with van der Waals surface area (Å²) in [7, 11) is 0. The highest BCUT2D eigenvalue weighted by molar-refractivity contribution is 9.10. The van der Waals surface area contributed by atoms with Crippen molar-refractivity contribution in [3.63, 3.8) is 0 Å². The van der Waals surface area contributed by atoms with Crippen LogP contribution in [0.5, 0.6) is 6.01 Å². The number of aryl methyl sites for hydroxylation is 2. The molecule has 0 aliphatic rings. The Hall–Kier alpha value is -2.15. The molecule has 168 valence electrons. The molecule has 7 heteroatoms. The fraction of sp³-hybridized carbons (Fsp3) is 0.542. The first-order valence-electron chi connectivity index (χ1n) is 11.5. The molecule has 3 aromatic rings. The molecule has 0 bridgehead atoms. The van der Waals surface area contributed by atoms with Crippen molar-refractivity contribution in [2.75, 3.05) is 12.3 Å². The number of anilines is 1. The minimum atomic E-state index is 0.322. The lowest BCUT2D eigenvalue weighted by atomic mass is 10.1. The quantitative estimate of drug-likeness (QED) is 0.212. The van der Waals surface area contributed by atoms with Gasteiger partial charge in [0.1, 0.15) is 0 Å². The smallest absolute Gasteiger partial charge is 0.320 e. The SMILES string of the molecule is CCCCCCCCCCn1c(Br)nc2c(N)nc(OCCCc3ccccc3)nc21. The molecule has 0 radical (unpaired) electrons. The van der Waals surface area contributed by atoms with Gasteiger partial charge in [-0.15, -0.1) is 0 Å². The van der Waals surface area contributed by atoms with Crippen molar-refractivity contribution in [1.29, 1.82) is 0 Å². The van der Waals surface area contributed by atoms with E-state index >= 15 is 0 Å². The highest BCUT2D eigenvalue weighted by Gasteiger charge is 2.15. The van der Waals surface area contributed by atoms with E-state index in [1.54, 1.807) is 0 Å². The zero-order chi connectivity index (χ0) is 21.9. The van der Waals surface area contributed by atoms with E-state index in [0.717, 1.165) is 36.2 Å². The zero-order valence-electron chi connectivity index (χ0n) is 18.5. The number of hydrogen-bond acceptors (Lipinski definition) is 5. The van der Waals surface area contributed by atoms with Gasteiger partial charge in [-0.3, -0.25) is 0 Å². The molecule has 2 N–H and O–H groups in total. The van der Waals surface area contributed by atoms with Gasteiger partial charge in [0.15, 0.2) is 21.7 Å². The summed E-state index contributed by atoms with van der Waals surface area (Å²) in [5.41, 5.74) is 8.81. The molecule has 0 fully saturated rings. The predicted molar refractivity (Wildman–Crippen MR) is 130 cm³/mol. The lowest BCUT2D eigenvalue weighted by molar-refractivity contribution is 0.288. The van der Waals surface area contributed by atoms with E-state index in [4.69, 9.17) is 10.5 Å². The number of halogens is 1. The second-order valence-corrected chi connectivity index (χ2v) is 8.72. The number of nitrogens with zero attached hydrogens (tertiary/aromatic N) is 4. The molecule has 2 aromatic heterocycles. The normalized spacial score (nSPS) is 11.3. The van der Waals surface area contributed by atoms with Crippen LogP contribution >= 0.6 is 15.9 Å². The zero-order valence-corrected chi connectivity index (χ0v) is 20.1. The summed E-state index contributed by atoms with van der Waals surface area (Å²) >= 11 is 3.56. The van der Waals surface area contributed by atoms with Crippen LogP contribution in [0.1, 0.15) is 70.3 Å². The summed E-state index contributed by atoms with van der Waals surface area (Å²) in [5.74, 6) is 0.360. The molecule has 0 spiro atoms. The molecule has 0 atom stereocenters. The van der Waals surface area contributed by atoms with Crippen LogP contribution in [-0.4, -0.2) is 26.1 Å². The Bertz CT molecular complexity index is 929. The number of rotatable bonds is 14. The number of nitrogen functional groups attached to an aromatic ring is 1. The van der Waals surface area contributed by atoms with Crippen LogP contribution in [0, 0.1) is 0 Å². The van der Waals surface area contributed by atoms with Gasteiger partial charge in [0.25, 0.3) is 0 Å². The van der Waals surface area contributed by atoms with Gasteiger partial charge in [-0.1, -0.05) is 82.2 Å². The maximum absolute atomic E-state index is 6.14. The Kier molecular flexibility index (Phi) is 9.59. The number of ether oxygens (including phenoxy) is 1. The number of nitrogens with two attached hydrogens (primary N) is 1. The van der Waals surface area contributed by atoms with E-state index in [2.05, 4.69) is 66.6 Å². The van der Waals surface area contributed by atoms with Crippen LogP contribution in [0.15, 0.2) is 35.1 Å². The maximum Gasteiger partial charge on any atom is 0.320 e. The summed E-state index contributed by atoms with van der Waals surface area (Å²) in [5, 5.41) is 0. The minimum absolute atomic E-state index is 0.322. The number of unbranched alkanes of at least 4 members (excludes halogenated alkanes) is 7. The van der Waals surface area contributed by atoms with Crippen LogP contribution in [0.3, 0.4) is 0 Å². The standard InChI is InChI=1S/C24H34BrN5O/c1-2-3-4-5-6-7-8-12-17-30-22-20(27-23(30)25)21(26)28-24(29-22)31-18-13-16-19-14-10-9-11-15-19/h9-11,14-15H,2-8,12-13,16-18H2,1H3,(H2,26,28,29). The van der Waals surface area contributed by atoms with E-state index in [0.29, 0.717) is 24.0 Å². The first-order valence-corrected chi connectivity index (χ1v) is 12.3. The van der Waals surface area contributed by atoms with Crippen LogP contribution in [0.2, 0.25) is 0 Å². The first kappa shape index (κ1) is 23.5. The average molecular weight is 488 g/mol. The maximum atomic E-state index is 6.14. The number of fused-ring (bicyclic) bond motifs is 1. The van der Waals surface area contributed by atoms with E-state index in [1.165, 1.54) is 50.5 Å². The third-order valence-electron chi connectivity index (χ3n) is 5.47. The van der Waals surface area contributed by atoms with Crippen molar-refractivity contribution in [3.05, 3.63) is 40.6 Å². The molecule has 0 unspecified atom stereocenters. The monoisotopic (exact) mass is 487 g/mol. The Balaban J connectivity index is 1.52. The van der Waals surface area contributed by atoms with Gasteiger partial charge in [-0.05, 0) is 40.8 Å². The molecule has 0 saturated carbocycles. The summed E-state index contributed by atoms with van der Waals surface area (Å²) in [6.45, 7) is 3.66. The summed E-state index contributed by atoms with van der Waals surface area (Å²) in [6.07, 6.45) is 12.1. The van der Waals surface area contributed by atoms with Gasteiger partial charge < -0.3 is 15.0 Å². The topological polar surface area (TPSA) is 78.9 Å². The predicted octanol–water partition coefficient (Wildman–Crippen LogP) is 6.32. The number of aromatic nitrogens is 4. The van der Waals surface area contributed by atoms with Gasteiger partial charge in [0.2, 0.25) is 0 Å². The first-order chi connectivity index (χ1) is 15.2. The van der Waals surface area contributed by atoms with Crippen molar-refractivity contribution in [2.45, 2.75) is 77.7 Å². The molecule has 0 aliphatic heterocycles. The summed E-state index contributed by atoms with van der Waals surface area (Å²) in [4.78, 5) is 13.4. The molecular formula is C24H34BrN5O. The molecule has 0 aliphatic carbocycles. The van der Waals surface area contributed by atoms with Crippen molar-refractivity contribution in [2.24, 2.45) is 0 Å². The second kappa shape index (κ2) is 12.6. The summed E-state index contributed by atoms with van der Waals surface area (Å²) < 4.78 is 8.63. The van der Waals surface area contributed by atoms with Gasteiger partial charge in [-0.2, -0.15) is 9.97 Å². The fourth-order valence-electron chi connectivity index (χ4n) is 3.73.